The second-order valence-corrected chi connectivity index (χ2v) is 6.25. The van der Waals surface area contributed by atoms with E-state index in [2.05, 4.69) is 5.32 Å². The number of nitrogens with one attached hydrogen (secondary N) is 1. The molecule has 5 nitrogen and oxygen atoms in total. The average Bonchev–Trinajstić information content (AvgIpc) is 2.61. The van der Waals surface area contributed by atoms with Gasteiger partial charge in [0.05, 0.1) is 13.2 Å². The predicted molar refractivity (Wildman–Crippen MR) is 101 cm³/mol. The molecule has 0 aliphatic heterocycles. The van der Waals surface area contributed by atoms with Gasteiger partial charge < -0.3 is 14.8 Å². The number of ether oxygens (including phenoxy) is 2. The van der Waals surface area contributed by atoms with E-state index in [9.17, 15) is 4.79 Å². The number of halogens is 2. The quantitative estimate of drug-likeness (QED) is 0.731. The molecule has 0 bridgehead atoms. The van der Waals surface area contributed by atoms with Gasteiger partial charge in [0, 0.05) is 22.2 Å². The number of methoxy groups -OCH3 is 1. The van der Waals surface area contributed by atoms with Gasteiger partial charge >= 0.3 is 0 Å². The summed E-state index contributed by atoms with van der Waals surface area (Å²) in [4.78, 5) is 11.4. The van der Waals surface area contributed by atoms with Gasteiger partial charge in [-0.25, -0.2) is 0 Å². The zero-order valence-corrected chi connectivity index (χ0v) is 15.7. The summed E-state index contributed by atoms with van der Waals surface area (Å²) in [5.41, 5.74) is 1.68. The fourth-order valence-corrected chi connectivity index (χ4v) is 2.81. The Morgan fingerprint density at radius 2 is 2.04 bits per heavy atom. The fraction of sp³-hybridized carbons (Fsp3) is 0.263. The first kappa shape index (κ1) is 19.9. The van der Waals surface area contributed by atoms with Gasteiger partial charge in [-0.05, 0) is 30.2 Å². The van der Waals surface area contributed by atoms with Crippen LogP contribution in [0.25, 0.3) is 0 Å². The minimum Gasteiger partial charge on any atom is -0.493 e. The lowest BCUT2D eigenvalue weighted by Crippen LogP contribution is -2.25. The van der Waals surface area contributed by atoms with E-state index >= 15 is 0 Å². The lowest BCUT2D eigenvalue weighted by Gasteiger charge is -2.16. The van der Waals surface area contributed by atoms with Crippen LogP contribution in [0.15, 0.2) is 36.4 Å². The molecule has 136 valence electrons. The van der Waals surface area contributed by atoms with Gasteiger partial charge in [0.25, 0.3) is 0 Å². The van der Waals surface area contributed by atoms with Crippen molar-refractivity contribution in [3.63, 3.8) is 0 Å². The molecule has 2 aromatic carbocycles. The van der Waals surface area contributed by atoms with Crippen LogP contribution in [0.4, 0.5) is 0 Å². The maximum Gasteiger partial charge on any atom is 0.234 e. The van der Waals surface area contributed by atoms with E-state index in [1.54, 1.807) is 25.3 Å². The molecule has 0 unspecified atom stereocenters. The molecule has 0 saturated carbocycles. The maximum absolute atomic E-state index is 11.4. The van der Waals surface area contributed by atoms with E-state index in [0.717, 1.165) is 11.1 Å². The van der Waals surface area contributed by atoms with Gasteiger partial charge in [0.2, 0.25) is 5.91 Å². The first-order chi connectivity index (χ1) is 12.5. The number of para-hydroxylation sites is 1. The molecule has 0 radical (unpaired) electrons. The molecule has 2 aromatic rings. The van der Waals surface area contributed by atoms with Crippen molar-refractivity contribution < 1.29 is 14.3 Å². The lowest BCUT2D eigenvalue weighted by molar-refractivity contribution is -0.120. The summed E-state index contributed by atoms with van der Waals surface area (Å²) in [5.74, 6) is 0.886. The number of rotatable bonds is 8. The van der Waals surface area contributed by atoms with Crippen molar-refractivity contribution in [3.8, 4) is 17.6 Å². The minimum absolute atomic E-state index is 0.156. The molecule has 0 saturated heterocycles. The normalized spacial score (nSPS) is 10.1. The molecule has 0 aliphatic rings. The Hall–Kier alpha value is -2.42. The molecule has 0 heterocycles. The number of nitrogens with zero attached hydrogens (tertiary/aromatic N) is 1. The SMILES string of the molecule is COc1cccc(CCNC(=O)CC#N)c1OCc1ccc(Cl)cc1Cl. The van der Waals surface area contributed by atoms with Crippen LogP contribution in [0, 0.1) is 11.3 Å². The van der Waals surface area contributed by atoms with Crippen molar-refractivity contribution in [1.82, 2.24) is 5.32 Å². The van der Waals surface area contributed by atoms with Gasteiger partial charge in [0.1, 0.15) is 13.0 Å². The Kier molecular flexibility index (Phi) is 7.58. The predicted octanol–water partition coefficient (Wildman–Crippen LogP) is 4.15. The third-order valence-corrected chi connectivity index (χ3v) is 4.21. The smallest absolute Gasteiger partial charge is 0.234 e. The van der Waals surface area contributed by atoms with Gasteiger partial charge in [-0.3, -0.25) is 4.79 Å². The number of benzene rings is 2. The summed E-state index contributed by atoms with van der Waals surface area (Å²) in [6.07, 6.45) is 0.384. The van der Waals surface area contributed by atoms with Crippen LogP contribution in [0.3, 0.4) is 0 Å². The fourth-order valence-electron chi connectivity index (χ4n) is 2.34. The monoisotopic (exact) mass is 392 g/mol. The van der Waals surface area contributed by atoms with Gasteiger partial charge in [-0.1, -0.05) is 41.4 Å². The van der Waals surface area contributed by atoms with Crippen molar-refractivity contribution >= 4 is 29.1 Å². The van der Waals surface area contributed by atoms with Crippen LogP contribution in [0.2, 0.25) is 10.0 Å². The largest absolute Gasteiger partial charge is 0.493 e. The van der Waals surface area contributed by atoms with Crippen LogP contribution >= 0.6 is 23.2 Å². The maximum atomic E-state index is 11.4. The standard InChI is InChI=1S/C19H18Cl2N2O3/c1-25-17-4-2-3-13(8-10-23-18(24)7-9-22)19(17)26-12-14-5-6-15(20)11-16(14)21/h2-6,11H,7-8,10,12H2,1H3,(H,23,24). The zero-order valence-electron chi connectivity index (χ0n) is 14.2. The van der Waals surface area contributed by atoms with E-state index in [-0.39, 0.29) is 18.9 Å². The Labute approximate surface area is 162 Å². The van der Waals surface area contributed by atoms with Crippen LogP contribution in [-0.2, 0) is 17.8 Å². The lowest BCUT2D eigenvalue weighted by atomic mass is 10.1. The molecule has 2 rings (SSSR count). The second kappa shape index (κ2) is 9.91. The van der Waals surface area contributed by atoms with Crippen molar-refractivity contribution in [1.29, 1.82) is 5.26 Å². The average molecular weight is 393 g/mol. The van der Waals surface area contributed by atoms with Crippen LogP contribution in [0.1, 0.15) is 17.5 Å². The van der Waals surface area contributed by atoms with Gasteiger partial charge in [-0.15, -0.1) is 0 Å². The Morgan fingerprint density at radius 3 is 2.73 bits per heavy atom. The zero-order chi connectivity index (χ0) is 18.9. The molecule has 0 fully saturated rings. The number of carbonyl (C=O) groups excluding carboxylic acids is 1. The summed E-state index contributed by atoms with van der Waals surface area (Å²) in [5, 5.41) is 12.3. The first-order valence-electron chi connectivity index (χ1n) is 7.91. The number of nitriles is 1. The molecule has 26 heavy (non-hydrogen) atoms. The summed E-state index contributed by atoms with van der Waals surface area (Å²) >= 11 is 12.1. The van der Waals surface area contributed by atoms with Crippen LogP contribution in [-0.4, -0.2) is 19.6 Å². The topological polar surface area (TPSA) is 71.3 Å². The Morgan fingerprint density at radius 1 is 1.23 bits per heavy atom. The Balaban J connectivity index is 2.10. The highest BCUT2D eigenvalue weighted by molar-refractivity contribution is 6.35. The van der Waals surface area contributed by atoms with Crippen LogP contribution < -0.4 is 14.8 Å². The molecule has 0 aromatic heterocycles. The first-order valence-corrected chi connectivity index (χ1v) is 8.67. The van der Waals surface area contributed by atoms with E-state index in [4.69, 9.17) is 37.9 Å². The highest BCUT2D eigenvalue weighted by atomic mass is 35.5. The highest BCUT2D eigenvalue weighted by Gasteiger charge is 2.12. The van der Waals surface area contributed by atoms with E-state index in [1.165, 1.54) is 0 Å². The van der Waals surface area contributed by atoms with E-state index in [0.29, 0.717) is 34.5 Å². The second-order valence-electron chi connectivity index (χ2n) is 5.41. The highest BCUT2D eigenvalue weighted by Crippen LogP contribution is 2.33. The van der Waals surface area contributed by atoms with Crippen molar-refractivity contribution in [3.05, 3.63) is 57.6 Å². The molecular weight excluding hydrogens is 375 g/mol. The number of hydrogen-bond acceptors (Lipinski definition) is 4. The number of hydrogen-bond donors (Lipinski definition) is 1. The van der Waals surface area contributed by atoms with Crippen molar-refractivity contribution in [2.75, 3.05) is 13.7 Å². The third kappa shape index (κ3) is 5.55. The summed E-state index contributed by atoms with van der Waals surface area (Å²) in [7, 11) is 1.57. The third-order valence-electron chi connectivity index (χ3n) is 3.62. The molecule has 1 N–H and O–H groups in total. The van der Waals surface area contributed by atoms with E-state index in [1.807, 2.05) is 24.3 Å². The molecular formula is C19H18Cl2N2O3. The van der Waals surface area contributed by atoms with Crippen molar-refractivity contribution in [2.24, 2.45) is 0 Å². The minimum atomic E-state index is -0.300. The molecule has 7 heteroatoms. The Bertz CT molecular complexity index is 819. The van der Waals surface area contributed by atoms with E-state index < -0.39 is 0 Å². The van der Waals surface area contributed by atoms with Crippen LogP contribution in [0.5, 0.6) is 11.5 Å². The van der Waals surface area contributed by atoms with Gasteiger partial charge in [0.15, 0.2) is 11.5 Å². The summed E-state index contributed by atoms with van der Waals surface area (Å²) < 4.78 is 11.3. The molecule has 0 spiro atoms. The molecule has 0 aliphatic carbocycles. The number of amides is 1. The molecule has 0 atom stereocenters. The molecule has 1 amide bonds. The van der Waals surface area contributed by atoms with Crippen molar-refractivity contribution in [2.45, 2.75) is 19.4 Å². The summed E-state index contributed by atoms with van der Waals surface area (Å²) in [6.45, 7) is 0.649. The number of carbonyl (C=O) groups is 1. The summed E-state index contributed by atoms with van der Waals surface area (Å²) in [6, 6.07) is 12.6. The van der Waals surface area contributed by atoms with Gasteiger partial charge in [-0.2, -0.15) is 5.26 Å².